The van der Waals surface area contributed by atoms with Gasteiger partial charge in [0.05, 0.1) is 11.4 Å². The quantitative estimate of drug-likeness (QED) is 0.899. The molecule has 2 N–H and O–H groups in total. The van der Waals surface area contributed by atoms with Crippen molar-refractivity contribution in [3.63, 3.8) is 0 Å². The highest BCUT2D eigenvalue weighted by Gasteiger charge is 2.37. The minimum absolute atomic E-state index is 0.0694. The number of rotatable bonds is 2. The number of nitrogen functional groups attached to an aromatic ring is 1. The van der Waals surface area contributed by atoms with E-state index in [-0.39, 0.29) is 5.91 Å². The molecule has 1 aromatic heterocycles. The summed E-state index contributed by atoms with van der Waals surface area (Å²) in [5, 5.41) is 4.27. The van der Waals surface area contributed by atoms with E-state index < -0.39 is 0 Å². The normalized spacial score (nSPS) is 23.7. The summed E-state index contributed by atoms with van der Waals surface area (Å²) in [6.45, 7) is 2.72. The molecule has 0 bridgehead atoms. The van der Waals surface area contributed by atoms with Gasteiger partial charge in [0.1, 0.15) is 5.69 Å². The highest BCUT2D eigenvalue weighted by Crippen LogP contribution is 2.36. The summed E-state index contributed by atoms with van der Waals surface area (Å²) in [4.78, 5) is 14.9. The molecule has 3 rings (SSSR count). The monoisotopic (exact) mass is 276 g/mol. The average molecular weight is 276 g/mol. The molecule has 2 aliphatic rings. The first-order valence-corrected chi connectivity index (χ1v) is 7.69. The summed E-state index contributed by atoms with van der Waals surface area (Å²) in [6.07, 6.45) is 7.44. The van der Waals surface area contributed by atoms with Gasteiger partial charge in [-0.1, -0.05) is 12.8 Å². The number of aryl methyl sites for hydroxylation is 2. The Kier molecular flexibility index (Phi) is 3.44. The molecule has 1 atom stereocenters. The smallest absolute Gasteiger partial charge is 0.274 e. The van der Waals surface area contributed by atoms with Crippen LogP contribution in [0, 0.1) is 12.8 Å². The van der Waals surface area contributed by atoms with Crippen molar-refractivity contribution in [3.05, 3.63) is 11.4 Å². The molecular formula is C15H24N4O. The summed E-state index contributed by atoms with van der Waals surface area (Å²) in [5.74, 6) is 0.761. The van der Waals surface area contributed by atoms with Crippen LogP contribution in [0.4, 0.5) is 5.69 Å². The summed E-state index contributed by atoms with van der Waals surface area (Å²) >= 11 is 0. The van der Waals surface area contributed by atoms with Gasteiger partial charge < -0.3 is 10.6 Å². The fourth-order valence-electron chi connectivity index (χ4n) is 3.94. The molecule has 110 valence electrons. The SMILES string of the molecule is Cc1nn(C)c(C(=O)N2CCCC2C2CCCC2)c1N. The van der Waals surface area contributed by atoms with E-state index in [9.17, 15) is 4.79 Å². The van der Waals surface area contributed by atoms with Gasteiger partial charge in [0.15, 0.2) is 0 Å². The van der Waals surface area contributed by atoms with Gasteiger partial charge in [-0.25, -0.2) is 0 Å². The van der Waals surface area contributed by atoms with Crippen molar-refractivity contribution < 1.29 is 4.79 Å². The molecule has 2 fully saturated rings. The molecule has 1 aromatic rings. The maximum absolute atomic E-state index is 12.9. The van der Waals surface area contributed by atoms with Gasteiger partial charge >= 0.3 is 0 Å². The van der Waals surface area contributed by atoms with Crippen LogP contribution in [-0.4, -0.2) is 33.2 Å². The number of aromatic nitrogens is 2. The van der Waals surface area contributed by atoms with Gasteiger partial charge in [-0.05, 0) is 38.5 Å². The summed E-state index contributed by atoms with van der Waals surface area (Å²) in [5.41, 5.74) is 7.88. The van der Waals surface area contributed by atoms with Gasteiger partial charge in [-0.15, -0.1) is 0 Å². The zero-order valence-corrected chi connectivity index (χ0v) is 12.4. The van der Waals surface area contributed by atoms with Crippen molar-refractivity contribution in [2.45, 2.75) is 51.5 Å². The van der Waals surface area contributed by atoms with Gasteiger partial charge in [0.2, 0.25) is 0 Å². The number of amides is 1. The van der Waals surface area contributed by atoms with Crippen LogP contribution < -0.4 is 5.73 Å². The Morgan fingerprint density at radius 1 is 1.25 bits per heavy atom. The third kappa shape index (κ3) is 2.09. The Hall–Kier alpha value is -1.52. The zero-order valence-electron chi connectivity index (χ0n) is 12.4. The Morgan fingerprint density at radius 2 is 1.95 bits per heavy atom. The lowest BCUT2D eigenvalue weighted by molar-refractivity contribution is 0.0679. The van der Waals surface area contributed by atoms with E-state index in [0.29, 0.717) is 23.3 Å². The third-order valence-electron chi connectivity index (χ3n) is 4.98. The van der Waals surface area contributed by atoms with Crippen LogP contribution in [0.25, 0.3) is 0 Å². The average Bonchev–Trinajstić information content (AvgIpc) is 3.11. The van der Waals surface area contributed by atoms with Crippen molar-refractivity contribution >= 4 is 11.6 Å². The molecule has 1 aliphatic carbocycles. The number of anilines is 1. The predicted molar refractivity (Wildman–Crippen MR) is 78.4 cm³/mol. The number of hydrogen-bond acceptors (Lipinski definition) is 3. The number of carbonyl (C=O) groups excluding carboxylic acids is 1. The van der Waals surface area contributed by atoms with Crippen molar-refractivity contribution in [1.82, 2.24) is 14.7 Å². The van der Waals surface area contributed by atoms with Crippen LogP contribution in [0.5, 0.6) is 0 Å². The van der Waals surface area contributed by atoms with E-state index in [4.69, 9.17) is 5.73 Å². The molecule has 5 nitrogen and oxygen atoms in total. The van der Waals surface area contributed by atoms with Crippen LogP contribution in [-0.2, 0) is 7.05 Å². The molecule has 2 heterocycles. The maximum atomic E-state index is 12.9. The second kappa shape index (κ2) is 5.11. The van der Waals surface area contributed by atoms with E-state index in [0.717, 1.165) is 25.1 Å². The molecule has 1 saturated heterocycles. The van der Waals surface area contributed by atoms with E-state index >= 15 is 0 Å². The van der Waals surface area contributed by atoms with Gasteiger partial charge in [-0.2, -0.15) is 5.10 Å². The van der Waals surface area contributed by atoms with Gasteiger partial charge in [0.25, 0.3) is 5.91 Å². The third-order valence-corrected chi connectivity index (χ3v) is 4.98. The van der Waals surface area contributed by atoms with E-state index in [2.05, 4.69) is 10.00 Å². The summed E-state index contributed by atoms with van der Waals surface area (Å²) in [6, 6.07) is 0.416. The Labute approximate surface area is 120 Å². The lowest BCUT2D eigenvalue weighted by atomic mass is 9.96. The first kappa shape index (κ1) is 13.5. The van der Waals surface area contributed by atoms with Crippen molar-refractivity contribution in [3.8, 4) is 0 Å². The minimum Gasteiger partial charge on any atom is -0.395 e. The number of nitrogens with two attached hydrogens (primary N) is 1. The first-order chi connectivity index (χ1) is 9.59. The minimum atomic E-state index is 0.0694. The summed E-state index contributed by atoms with van der Waals surface area (Å²) in [7, 11) is 1.80. The number of nitrogens with zero attached hydrogens (tertiary/aromatic N) is 3. The standard InChI is InChI=1S/C15H24N4O/c1-10-13(16)14(18(2)17-10)15(20)19-9-5-8-12(19)11-6-3-4-7-11/h11-12H,3-9,16H2,1-2H3. The van der Waals surface area contributed by atoms with Crippen LogP contribution >= 0.6 is 0 Å². The fraction of sp³-hybridized carbons (Fsp3) is 0.733. The van der Waals surface area contributed by atoms with Crippen molar-refractivity contribution in [1.29, 1.82) is 0 Å². The van der Waals surface area contributed by atoms with Gasteiger partial charge in [-0.3, -0.25) is 9.48 Å². The maximum Gasteiger partial charge on any atom is 0.274 e. The van der Waals surface area contributed by atoms with Gasteiger partial charge in [0, 0.05) is 19.6 Å². The van der Waals surface area contributed by atoms with E-state index in [1.807, 2.05) is 6.92 Å². The predicted octanol–water partition coefficient (Wildman–Crippen LogP) is 2.11. The number of carbonyl (C=O) groups is 1. The molecule has 5 heteroatoms. The van der Waals surface area contributed by atoms with Crippen molar-refractivity contribution in [2.75, 3.05) is 12.3 Å². The molecule has 0 spiro atoms. The molecule has 0 aromatic carbocycles. The molecular weight excluding hydrogens is 252 g/mol. The van der Waals surface area contributed by atoms with Crippen LogP contribution in [0.2, 0.25) is 0 Å². The molecule has 1 saturated carbocycles. The lowest BCUT2D eigenvalue weighted by Gasteiger charge is -2.29. The van der Waals surface area contributed by atoms with E-state index in [1.54, 1.807) is 11.7 Å². The Balaban J connectivity index is 1.85. The molecule has 1 unspecified atom stereocenters. The topological polar surface area (TPSA) is 64.2 Å². The second-order valence-electron chi connectivity index (χ2n) is 6.22. The highest BCUT2D eigenvalue weighted by molar-refractivity contribution is 5.98. The van der Waals surface area contributed by atoms with Crippen LogP contribution in [0.3, 0.4) is 0 Å². The van der Waals surface area contributed by atoms with Crippen LogP contribution in [0.1, 0.15) is 54.7 Å². The first-order valence-electron chi connectivity index (χ1n) is 7.69. The highest BCUT2D eigenvalue weighted by atomic mass is 16.2. The summed E-state index contributed by atoms with van der Waals surface area (Å²) < 4.78 is 1.64. The zero-order chi connectivity index (χ0) is 14.3. The van der Waals surface area contributed by atoms with Crippen molar-refractivity contribution in [2.24, 2.45) is 13.0 Å². The number of hydrogen-bond donors (Lipinski definition) is 1. The van der Waals surface area contributed by atoms with Crippen LogP contribution in [0.15, 0.2) is 0 Å². The molecule has 1 aliphatic heterocycles. The lowest BCUT2D eigenvalue weighted by Crippen LogP contribution is -2.40. The molecule has 1 amide bonds. The largest absolute Gasteiger partial charge is 0.395 e. The molecule has 0 radical (unpaired) electrons. The Bertz CT molecular complexity index is 516. The van der Waals surface area contributed by atoms with E-state index in [1.165, 1.54) is 25.7 Å². The Morgan fingerprint density at radius 3 is 2.55 bits per heavy atom. The molecule has 20 heavy (non-hydrogen) atoms. The second-order valence-corrected chi connectivity index (χ2v) is 6.22. The number of likely N-dealkylation sites (tertiary alicyclic amines) is 1. The fourth-order valence-corrected chi connectivity index (χ4v) is 3.94.